The van der Waals surface area contributed by atoms with E-state index in [0.717, 1.165) is 30.6 Å². The van der Waals surface area contributed by atoms with Gasteiger partial charge < -0.3 is 15.7 Å². The lowest BCUT2D eigenvalue weighted by Crippen LogP contribution is -2.49. The van der Waals surface area contributed by atoms with Gasteiger partial charge in [-0.25, -0.2) is 0 Å². The van der Waals surface area contributed by atoms with Crippen LogP contribution in [0.2, 0.25) is 0 Å². The summed E-state index contributed by atoms with van der Waals surface area (Å²) in [5, 5.41) is 17.8. The van der Waals surface area contributed by atoms with Crippen molar-refractivity contribution in [2.75, 3.05) is 6.54 Å². The minimum absolute atomic E-state index is 0.0302. The third kappa shape index (κ3) is 5.04. The Bertz CT molecular complexity index is 522. The lowest BCUT2D eigenvalue weighted by atomic mass is 9.88. The summed E-state index contributed by atoms with van der Waals surface area (Å²) >= 11 is 1.45. The van der Waals surface area contributed by atoms with Crippen LogP contribution in [0.1, 0.15) is 50.8 Å². The molecule has 0 aromatic carbocycles. The second-order valence-corrected chi connectivity index (χ2v) is 7.48. The van der Waals surface area contributed by atoms with Gasteiger partial charge in [0, 0.05) is 10.8 Å². The molecule has 0 aliphatic heterocycles. The van der Waals surface area contributed by atoms with E-state index in [9.17, 15) is 14.7 Å². The number of amides is 2. The van der Waals surface area contributed by atoms with Crippen molar-refractivity contribution < 1.29 is 14.7 Å². The Morgan fingerprint density at radius 3 is 2.70 bits per heavy atom. The second kappa shape index (κ2) is 7.93. The third-order valence-electron chi connectivity index (χ3n) is 4.39. The summed E-state index contributed by atoms with van der Waals surface area (Å²) in [6.07, 6.45) is 5.18. The molecule has 2 atom stereocenters. The summed E-state index contributed by atoms with van der Waals surface area (Å²) < 4.78 is 0. The first kappa shape index (κ1) is 17.9. The standard InChI is InChI=1S/C17H26N2O3S/c1-12(19-16(21)13-7-4-3-5-8-13)15(20)18-11-17(2,22)14-9-6-10-23-14/h6,9-10,12-13,22H,3-5,7-8,11H2,1-2H3,(H,18,20)(H,19,21)/t12-,17+/m0/s1. The Kier molecular flexibility index (Phi) is 6.18. The lowest BCUT2D eigenvalue weighted by molar-refractivity contribution is -0.131. The number of aliphatic hydroxyl groups is 1. The van der Waals surface area contributed by atoms with E-state index in [-0.39, 0.29) is 24.3 Å². The Hall–Kier alpha value is -1.40. The first-order chi connectivity index (χ1) is 10.9. The van der Waals surface area contributed by atoms with Crippen LogP contribution in [0.25, 0.3) is 0 Å². The predicted octanol–water partition coefficient (Wildman–Crippen LogP) is 2.16. The number of carbonyl (C=O) groups is 2. The van der Waals surface area contributed by atoms with Crippen LogP contribution < -0.4 is 10.6 Å². The van der Waals surface area contributed by atoms with E-state index >= 15 is 0 Å². The molecule has 1 aliphatic rings. The molecule has 23 heavy (non-hydrogen) atoms. The van der Waals surface area contributed by atoms with Crippen LogP contribution in [0, 0.1) is 5.92 Å². The quantitative estimate of drug-likeness (QED) is 0.744. The molecule has 3 N–H and O–H groups in total. The van der Waals surface area contributed by atoms with Gasteiger partial charge in [0.25, 0.3) is 0 Å². The van der Waals surface area contributed by atoms with Gasteiger partial charge in [-0.05, 0) is 38.1 Å². The van der Waals surface area contributed by atoms with Crippen LogP contribution in [-0.4, -0.2) is 29.5 Å². The molecule has 0 unspecified atom stereocenters. The fourth-order valence-electron chi connectivity index (χ4n) is 2.85. The maximum Gasteiger partial charge on any atom is 0.242 e. The number of hydrogen-bond donors (Lipinski definition) is 3. The largest absolute Gasteiger partial charge is 0.383 e. The third-order valence-corrected chi connectivity index (χ3v) is 5.51. The average molecular weight is 338 g/mol. The fourth-order valence-corrected chi connectivity index (χ4v) is 3.63. The van der Waals surface area contributed by atoms with Gasteiger partial charge in [0.1, 0.15) is 11.6 Å². The van der Waals surface area contributed by atoms with Crippen molar-refractivity contribution in [3.63, 3.8) is 0 Å². The van der Waals surface area contributed by atoms with Gasteiger partial charge in [-0.1, -0.05) is 25.3 Å². The van der Waals surface area contributed by atoms with Gasteiger partial charge in [0.15, 0.2) is 0 Å². The molecule has 5 nitrogen and oxygen atoms in total. The van der Waals surface area contributed by atoms with Gasteiger partial charge in [-0.2, -0.15) is 0 Å². The van der Waals surface area contributed by atoms with Crippen molar-refractivity contribution in [2.45, 2.75) is 57.6 Å². The average Bonchev–Trinajstić information content (AvgIpc) is 3.08. The zero-order valence-corrected chi connectivity index (χ0v) is 14.6. The summed E-state index contributed by atoms with van der Waals surface area (Å²) in [4.78, 5) is 25.1. The van der Waals surface area contributed by atoms with E-state index in [1.54, 1.807) is 13.8 Å². The second-order valence-electron chi connectivity index (χ2n) is 6.53. The highest BCUT2D eigenvalue weighted by Gasteiger charge is 2.27. The highest BCUT2D eigenvalue weighted by Crippen LogP contribution is 2.25. The summed E-state index contributed by atoms with van der Waals surface area (Å²) in [6.45, 7) is 3.47. The van der Waals surface area contributed by atoms with Gasteiger partial charge in [-0.3, -0.25) is 9.59 Å². The van der Waals surface area contributed by atoms with Crippen LogP contribution >= 0.6 is 11.3 Å². The van der Waals surface area contributed by atoms with Gasteiger partial charge in [-0.15, -0.1) is 11.3 Å². The van der Waals surface area contributed by atoms with Crippen molar-refractivity contribution in [2.24, 2.45) is 5.92 Å². The Morgan fingerprint density at radius 2 is 2.09 bits per heavy atom. The first-order valence-corrected chi connectivity index (χ1v) is 9.12. The van der Waals surface area contributed by atoms with E-state index < -0.39 is 11.6 Å². The van der Waals surface area contributed by atoms with Crippen molar-refractivity contribution in [1.29, 1.82) is 0 Å². The maximum absolute atomic E-state index is 12.2. The van der Waals surface area contributed by atoms with Crippen LogP contribution in [0.4, 0.5) is 0 Å². The first-order valence-electron chi connectivity index (χ1n) is 8.24. The molecule has 2 rings (SSSR count). The zero-order valence-electron chi connectivity index (χ0n) is 13.8. The minimum Gasteiger partial charge on any atom is -0.383 e. The Labute approximate surface area is 141 Å². The molecule has 128 valence electrons. The maximum atomic E-state index is 12.2. The number of rotatable bonds is 6. The number of hydrogen-bond acceptors (Lipinski definition) is 4. The lowest BCUT2D eigenvalue weighted by Gasteiger charge is -2.25. The van der Waals surface area contributed by atoms with Crippen LogP contribution in [0.5, 0.6) is 0 Å². The molecule has 1 aliphatic carbocycles. The predicted molar refractivity (Wildman–Crippen MR) is 91.1 cm³/mol. The summed E-state index contributed by atoms with van der Waals surface area (Å²) in [5.41, 5.74) is -1.10. The molecule has 6 heteroatoms. The van der Waals surface area contributed by atoms with Crippen molar-refractivity contribution >= 4 is 23.2 Å². The molecule has 0 saturated heterocycles. The number of nitrogens with one attached hydrogen (secondary N) is 2. The molecule has 1 aromatic rings. The Morgan fingerprint density at radius 1 is 1.39 bits per heavy atom. The number of thiophene rings is 1. The normalized spacial score (nSPS) is 19.6. The van der Waals surface area contributed by atoms with Crippen molar-refractivity contribution in [1.82, 2.24) is 10.6 Å². The van der Waals surface area contributed by atoms with E-state index in [2.05, 4.69) is 10.6 Å². The topological polar surface area (TPSA) is 78.4 Å². The van der Waals surface area contributed by atoms with Crippen molar-refractivity contribution in [3.05, 3.63) is 22.4 Å². The van der Waals surface area contributed by atoms with Gasteiger partial charge in [0.2, 0.25) is 11.8 Å². The molecule has 0 spiro atoms. The van der Waals surface area contributed by atoms with E-state index in [1.165, 1.54) is 17.8 Å². The van der Waals surface area contributed by atoms with Crippen LogP contribution in [0.3, 0.4) is 0 Å². The van der Waals surface area contributed by atoms with E-state index in [0.29, 0.717) is 0 Å². The van der Waals surface area contributed by atoms with E-state index in [4.69, 9.17) is 0 Å². The van der Waals surface area contributed by atoms with Crippen LogP contribution in [0.15, 0.2) is 17.5 Å². The Balaban J connectivity index is 1.79. The number of carbonyl (C=O) groups excluding carboxylic acids is 2. The van der Waals surface area contributed by atoms with Crippen LogP contribution in [-0.2, 0) is 15.2 Å². The van der Waals surface area contributed by atoms with Gasteiger partial charge in [0.05, 0.1) is 6.54 Å². The zero-order chi connectivity index (χ0) is 16.9. The molecule has 0 bridgehead atoms. The molecular formula is C17H26N2O3S. The van der Waals surface area contributed by atoms with E-state index in [1.807, 2.05) is 17.5 Å². The summed E-state index contributed by atoms with van der Waals surface area (Å²) in [7, 11) is 0. The molecule has 1 aromatic heterocycles. The molecule has 1 heterocycles. The monoisotopic (exact) mass is 338 g/mol. The minimum atomic E-state index is -1.10. The summed E-state index contributed by atoms with van der Waals surface area (Å²) in [6, 6.07) is 3.11. The molecule has 1 fully saturated rings. The molecule has 1 saturated carbocycles. The SMILES string of the molecule is C[C@H](NC(=O)C1CCCCC1)C(=O)NC[C@@](C)(O)c1cccs1. The van der Waals surface area contributed by atoms with Gasteiger partial charge >= 0.3 is 0 Å². The van der Waals surface area contributed by atoms with Crippen molar-refractivity contribution in [3.8, 4) is 0 Å². The molecule has 2 amide bonds. The molecule has 0 radical (unpaired) electrons. The summed E-state index contributed by atoms with van der Waals surface area (Å²) in [5.74, 6) is -0.267. The highest BCUT2D eigenvalue weighted by molar-refractivity contribution is 7.10. The smallest absolute Gasteiger partial charge is 0.242 e. The molecular weight excluding hydrogens is 312 g/mol. The fraction of sp³-hybridized carbons (Fsp3) is 0.647. The highest BCUT2D eigenvalue weighted by atomic mass is 32.1.